The largest absolute Gasteiger partial charge is 0.484 e. The van der Waals surface area contributed by atoms with Gasteiger partial charge in [-0.1, -0.05) is 41.9 Å². The van der Waals surface area contributed by atoms with E-state index in [1.165, 1.54) is 11.8 Å². The first-order valence-corrected chi connectivity index (χ1v) is 10.7. The van der Waals surface area contributed by atoms with Crippen LogP contribution in [0.25, 0.3) is 0 Å². The minimum atomic E-state index is -0.389. The second-order valence-corrected chi connectivity index (χ2v) is 7.42. The molecule has 170 valence electrons. The molecule has 0 heterocycles. The van der Waals surface area contributed by atoms with Gasteiger partial charge in [0.15, 0.2) is 13.2 Å². The molecule has 0 spiro atoms. The molecule has 0 bridgehead atoms. The highest BCUT2D eigenvalue weighted by molar-refractivity contribution is 6.30. The molecule has 2 amide bonds. The van der Waals surface area contributed by atoms with Crippen molar-refractivity contribution in [1.82, 2.24) is 10.7 Å². The SMILES string of the molecule is O=C(COc1ccc(/C=N\NC(=O)COc2ccc(Cl)cc2)cc1)NCCc1ccccc1. The number of halogens is 1. The van der Waals surface area contributed by atoms with Crippen LogP contribution >= 0.6 is 11.6 Å². The fourth-order valence-corrected chi connectivity index (χ4v) is 2.86. The van der Waals surface area contributed by atoms with E-state index in [1.54, 1.807) is 48.5 Å². The summed E-state index contributed by atoms with van der Waals surface area (Å²) in [6.07, 6.45) is 2.27. The van der Waals surface area contributed by atoms with Gasteiger partial charge in [0.1, 0.15) is 11.5 Å². The molecule has 0 aromatic heterocycles. The third-order valence-electron chi connectivity index (χ3n) is 4.42. The van der Waals surface area contributed by atoms with Gasteiger partial charge in [0.05, 0.1) is 6.21 Å². The molecule has 3 aromatic carbocycles. The van der Waals surface area contributed by atoms with Crippen molar-refractivity contribution < 1.29 is 19.1 Å². The summed E-state index contributed by atoms with van der Waals surface area (Å²) in [6, 6.07) is 23.6. The van der Waals surface area contributed by atoms with Crippen molar-refractivity contribution in [2.45, 2.75) is 6.42 Å². The van der Waals surface area contributed by atoms with Crippen LogP contribution in [0.5, 0.6) is 11.5 Å². The van der Waals surface area contributed by atoms with Gasteiger partial charge in [-0.2, -0.15) is 5.10 Å². The van der Waals surface area contributed by atoms with Crippen LogP contribution in [0.4, 0.5) is 0 Å². The number of benzene rings is 3. The van der Waals surface area contributed by atoms with Crippen molar-refractivity contribution in [3.63, 3.8) is 0 Å². The second kappa shape index (κ2) is 12.9. The Labute approximate surface area is 197 Å². The highest BCUT2D eigenvalue weighted by Crippen LogP contribution is 2.15. The number of ether oxygens (including phenoxy) is 2. The standard InChI is InChI=1S/C25H24ClN3O4/c26-21-8-12-23(13-9-21)33-18-25(31)29-28-16-20-6-10-22(11-7-20)32-17-24(30)27-15-14-19-4-2-1-3-5-19/h1-13,16H,14-15,17-18H2,(H,27,30)(H,29,31)/b28-16-. The van der Waals surface area contributed by atoms with Crippen molar-refractivity contribution in [3.05, 3.63) is 95.0 Å². The number of carbonyl (C=O) groups is 2. The molecule has 0 aliphatic heterocycles. The summed E-state index contributed by atoms with van der Waals surface area (Å²) in [4.78, 5) is 23.7. The summed E-state index contributed by atoms with van der Waals surface area (Å²) in [6.45, 7) is 0.323. The van der Waals surface area contributed by atoms with Crippen LogP contribution < -0.4 is 20.2 Å². The molecule has 2 N–H and O–H groups in total. The molecule has 0 saturated carbocycles. The maximum atomic E-state index is 11.9. The van der Waals surface area contributed by atoms with Crippen LogP contribution in [-0.4, -0.2) is 37.8 Å². The maximum absolute atomic E-state index is 11.9. The summed E-state index contributed by atoms with van der Waals surface area (Å²) in [7, 11) is 0. The molecule has 0 unspecified atom stereocenters. The van der Waals surface area contributed by atoms with Crippen molar-refractivity contribution in [2.24, 2.45) is 5.10 Å². The van der Waals surface area contributed by atoms with Crippen molar-refractivity contribution in [1.29, 1.82) is 0 Å². The number of amides is 2. The number of carbonyl (C=O) groups excluding carboxylic acids is 2. The number of rotatable bonds is 11. The number of nitrogens with zero attached hydrogens (tertiary/aromatic N) is 1. The minimum absolute atomic E-state index is 0.0636. The van der Waals surface area contributed by atoms with Gasteiger partial charge in [-0.3, -0.25) is 9.59 Å². The zero-order valence-corrected chi connectivity index (χ0v) is 18.6. The molecule has 8 heteroatoms. The van der Waals surface area contributed by atoms with Gasteiger partial charge in [0, 0.05) is 11.6 Å². The van der Waals surface area contributed by atoms with E-state index < -0.39 is 0 Å². The van der Waals surface area contributed by atoms with Crippen LogP contribution in [0, 0.1) is 0 Å². The normalized spacial score (nSPS) is 10.6. The third kappa shape index (κ3) is 9.04. The lowest BCUT2D eigenvalue weighted by molar-refractivity contribution is -0.123. The molecule has 33 heavy (non-hydrogen) atoms. The predicted molar refractivity (Wildman–Crippen MR) is 128 cm³/mol. The zero-order valence-electron chi connectivity index (χ0n) is 17.9. The lowest BCUT2D eigenvalue weighted by Gasteiger charge is -2.08. The lowest BCUT2D eigenvalue weighted by Crippen LogP contribution is -2.30. The number of hydrogen-bond acceptors (Lipinski definition) is 5. The molecule has 0 aliphatic rings. The first-order chi connectivity index (χ1) is 16.1. The number of hydrazone groups is 1. The Bertz CT molecular complexity index is 1060. The lowest BCUT2D eigenvalue weighted by atomic mass is 10.1. The van der Waals surface area contributed by atoms with E-state index in [2.05, 4.69) is 15.8 Å². The van der Waals surface area contributed by atoms with E-state index in [1.807, 2.05) is 30.3 Å². The second-order valence-electron chi connectivity index (χ2n) is 6.98. The molecule has 0 aliphatic carbocycles. The highest BCUT2D eigenvalue weighted by atomic mass is 35.5. The Kier molecular flexibility index (Phi) is 9.29. The first-order valence-electron chi connectivity index (χ1n) is 10.3. The van der Waals surface area contributed by atoms with Crippen LogP contribution in [0.15, 0.2) is 84.0 Å². The first kappa shape index (κ1) is 23.8. The summed E-state index contributed by atoms with van der Waals surface area (Å²) in [5.74, 6) is 0.532. The molecular formula is C25H24ClN3O4. The number of nitrogens with one attached hydrogen (secondary N) is 2. The van der Waals surface area contributed by atoms with E-state index in [9.17, 15) is 9.59 Å². The topological polar surface area (TPSA) is 89.0 Å². The molecule has 0 saturated heterocycles. The Balaban J connectivity index is 1.32. The van der Waals surface area contributed by atoms with Gasteiger partial charge >= 0.3 is 0 Å². The molecule has 0 fully saturated rings. The van der Waals surface area contributed by atoms with E-state index >= 15 is 0 Å². The molecule has 0 atom stereocenters. The Morgan fingerprint density at radius 3 is 2.09 bits per heavy atom. The van der Waals surface area contributed by atoms with E-state index in [-0.39, 0.29) is 25.0 Å². The van der Waals surface area contributed by atoms with Crippen LogP contribution in [0.2, 0.25) is 5.02 Å². The summed E-state index contributed by atoms with van der Waals surface area (Å²) in [5.41, 5.74) is 4.32. The van der Waals surface area contributed by atoms with Crippen molar-refractivity contribution in [2.75, 3.05) is 19.8 Å². The molecular weight excluding hydrogens is 442 g/mol. The molecule has 0 radical (unpaired) electrons. The minimum Gasteiger partial charge on any atom is -0.484 e. The average molecular weight is 466 g/mol. The van der Waals surface area contributed by atoms with Crippen LogP contribution in [-0.2, 0) is 16.0 Å². The zero-order chi connectivity index (χ0) is 23.3. The quantitative estimate of drug-likeness (QED) is 0.334. The van der Waals surface area contributed by atoms with Crippen LogP contribution in [0.3, 0.4) is 0 Å². The van der Waals surface area contributed by atoms with Crippen molar-refractivity contribution in [3.8, 4) is 11.5 Å². The van der Waals surface area contributed by atoms with E-state index in [0.29, 0.717) is 23.1 Å². The Hall–Kier alpha value is -3.84. The van der Waals surface area contributed by atoms with Gasteiger partial charge in [0.2, 0.25) is 0 Å². The predicted octanol–water partition coefficient (Wildman–Crippen LogP) is 3.61. The van der Waals surface area contributed by atoms with Gasteiger partial charge in [0.25, 0.3) is 11.8 Å². The van der Waals surface area contributed by atoms with Crippen molar-refractivity contribution >= 4 is 29.6 Å². The molecule has 3 rings (SSSR count). The summed E-state index contributed by atoms with van der Waals surface area (Å²) in [5, 5.41) is 7.33. The highest BCUT2D eigenvalue weighted by Gasteiger charge is 2.03. The molecule has 7 nitrogen and oxygen atoms in total. The van der Waals surface area contributed by atoms with E-state index in [4.69, 9.17) is 21.1 Å². The maximum Gasteiger partial charge on any atom is 0.277 e. The number of hydrogen-bond donors (Lipinski definition) is 2. The monoisotopic (exact) mass is 465 g/mol. The van der Waals surface area contributed by atoms with Gasteiger partial charge in [-0.25, -0.2) is 5.43 Å². The average Bonchev–Trinajstić information content (AvgIpc) is 2.84. The van der Waals surface area contributed by atoms with E-state index in [0.717, 1.165) is 12.0 Å². The molecule has 3 aromatic rings. The summed E-state index contributed by atoms with van der Waals surface area (Å²) < 4.78 is 10.8. The smallest absolute Gasteiger partial charge is 0.277 e. The third-order valence-corrected chi connectivity index (χ3v) is 4.67. The summed E-state index contributed by atoms with van der Waals surface area (Å²) >= 11 is 5.80. The van der Waals surface area contributed by atoms with Crippen LogP contribution in [0.1, 0.15) is 11.1 Å². The Morgan fingerprint density at radius 1 is 0.818 bits per heavy atom. The fraction of sp³-hybridized carbons (Fsp3) is 0.160. The van der Waals surface area contributed by atoms with Gasteiger partial charge in [-0.05, 0) is 66.1 Å². The fourth-order valence-electron chi connectivity index (χ4n) is 2.73. The van der Waals surface area contributed by atoms with Gasteiger partial charge in [-0.15, -0.1) is 0 Å². The van der Waals surface area contributed by atoms with Gasteiger partial charge < -0.3 is 14.8 Å². The Morgan fingerprint density at radius 2 is 1.42 bits per heavy atom.